The van der Waals surface area contributed by atoms with Crippen molar-refractivity contribution in [1.29, 1.82) is 0 Å². The van der Waals surface area contributed by atoms with Crippen LogP contribution in [0.15, 0.2) is 58.3 Å². The molecule has 0 aliphatic carbocycles. The average molecular weight is 365 g/mol. The standard InChI is InChI=1S/C14H10O6S.Ni/c15-13(16)9-1-5-11(6-2-9)21(19,20)12-7-3-10(4-8-12)14(17)18;/h1-8H,(H,15,16)(H,17,18);. The molecule has 0 saturated heterocycles. The van der Waals surface area contributed by atoms with Gasteiger partial charge in [0.2, 0.25) is 9.84 Å². The molecule has 0 bridgehead atoms. The van der Waals surface area contributed by atoms with Gasteiger partial charge in [0, 0.05) is 16.5 Å². The molecule has 0 spiro atoms. The summed E-state index contributed by atoms with van der Waals surface area (Å²) in [6, 6.07) is 9.57. The van der Waals surface area contributed by atoms with Crippen molar-refractivity contribution in [2.45, 2.75) is 9.79 Å². The first-order valence-electron chi connectivity index (χ1n) is 5.74. The molecule has 0 saturated carbocycles. The van der Waals surface area contributed by atoms with Crippen LogP contribution in [0.25, 0.3) is 0 Å². The predicted octanol–water partition coefficient (Wildman–Crippen LogP) is 1.91. The fraction of sp³-hybridized carbons (Fsp3) is 0. The summed E-state index contributed by atoms with van der Waals surface area (Å²) in [5.74, 6) is -2.30. The van der Waals surface area contributed by atoms with E-state index in [1.54, 1.807) is 0 Å². The van der Waals surface area contributed by atoms with Gasteiger partial charge in [-0.05, 0) is 48.5 Å². The molecule has 118 valence electrons. The molecule has 0 atom stereocenters. The van der Waals surface area contributed by atoms with E-state index in [1.807, 2.05) is 0 Å². The third-order valence-corrected chi connectivity index (χ3v) is 4.61. The molecule has 0 aliphatic heterocycles. The van der Waals surface area contributed by atoms with Crippen molar-refractivity contribution in [3.8, 4) is 0 Å². The number of aromatic carboxylic acids is 2. The quantitative estimate of drug-likeness (QED) is 0.802. The second kappa shape index (κ2) is 6.72. The zero-order valence-corrected chi connectivity index (χ0v) is 12.7. The molecule has 2 aromatic carbocycles. The molecule has 0 heterocycles. The minimum Gasteiger partial charge on any atom is -0.478 e. The summed E-state index contributed by atoms with van der Waals surface area (Å²) < 4.78 is 24.6. The summed E-state index contributed by atoms with van der Waals surface area (Å²) in [5, 5.41) is 17.5. The van der Waals surface area contributed by atoms with E-state index in [4.69, 9.17) is 10.2 Å². The average Bonchev–Trinajstić information content (AvgIpc) is 2.47. The molecule has 0 fully saturated rings. The van der Waals surface area contributed by atoms with E-state index in [0.717, 1.165) is 0 Å². The summed E-state index contributed by atoms with van der Waals surface area (Å²) in [6.07, 6.45) is 0. The zero-order chi connectivity index (χ0) is 15.6. The second-order valence-corrected chi connectivity index (χ2v) is 6.11. The fourth-order valence-electron chi connectivity index (χ4n) is 1.69. The summed E-state index contributed by atoms with van der Waals surface area (Å²) in [7, 11) is -3.81. The minimum atomic E-state index is -3.81. The number of carboxylic acid groups (broad SMARTS) is 2. The van der Waals surface area contributed by atoms with Crippen LogP contribution in [-0.2, 0) is 26.3 Å². The van der Waals surface area contributed by atoms with Crippen molar-refractivity contribution in [2.24, 2.45) is 0 Å². The van der Waals surface area contributed by atoms with E-state index in [1.165, 1.54) is 48.5 Å². The second-order valence-electron chi connectivity index (χ2n) is 4.16. The Labute approximate surface area is 136 Å². The Kier molecular flexibility index (Phi) is 5.46. The van der Waals surface area contributed by atoms with Crippen LogP contribution in [0.3, 0.4) is 0 Å². The van der Waals surface area contributed by atoms with Crippen LogP contribution in [0.4, 0.5) is 0 Å². The monoisotopic (exact) mass is 364 g/mol. The Balaban J connectivity index is 0.00000242. The van der Waals surface area contributed by atoms with Gasteiger partial charge in [-0.25, -0.2) is 18.0 Å². The van der Waals surface area contributed by atoms with Crippen LogP contribution in [0.2, 0.25) is 0 Å². The molecular formula is C14H10NiO6S. The SMILES string of the molecule is O=C(O)c1ccc(S(=O)(=O)c2ccc(C(=O)O)cc2)cc1.[Ni]. The van der Waals surface area contributed by atoms with Gasteiger partial charge < -0.3 is 10.2 Å². The first-order chi connectivity index (χ1) is 9.82. The van der Waals surface area contributed by atoms with Gasteiger partial charge in [-0.1, -0.05) is 0 Å². The van der Waals surface area contributed by atoms with E-state index in [2.05, 4.69) is 0 Å². The molecule has 2 aromatic rings. The van der Waals surface area contributed by atoms with E-state index in [9.17, 15) is 18.0 Å². The smallest absolute Gasteiger partial charge is 0.335 e. The van der Waals surface area contributed by atoms with Crippen molar-refractivity contribution in [3.63, 3.8) is 0 Å². The van der Waals surface area contributed by atoms with E-state index in [0.29, 0.717) is 0 Å². The maximum atomic E-state index is 12.3. The fourth-order valence-corrected chi connectivity index (χ4v) is 2.95. The van der Waals surface area contributed by atoms with E-state index < -0.39 is 21.8 Å². The molecule has 2 rings (SSSR count). The number of benzene rings is 2. The Morgan fingerprint density at radius 2 is 0.955 bits per heavy atom. The van der Waals surface area contributed by atoms with Gasteiger partial charge in [-0.15, -0.1) is 0 Å². The van der Waals surface area contributed by atoms with E-state index in [-0.39, 0.29) is 37.4 Å². The van der Waals surface area contributed by atoms with Crippen LogP contribution < -0.4 is 0 Å². The minimum absolute atomic E-state index is 0. The van der Waals surface area contributed by atoms with Crippen LogP contribution in [0.1, 0.15) is 20.7 Å². The van der Waals surface area contributed by atoms with Crippen LogP contribution >= 0.6 is 0 Å². The van der Waals surface area contributed by atoms with E-state index >= 15 is 0 Å². The molecule has 0 radical (unpaired) electrons. The number of carboxylic acids is 2. The Bertz CT molecular complexity index is 731. The van der Waals surface area contributed by atoms with Crippen LogP contribution in [0, 0.1) is 0 Å². The third kappa shape index (κ3) is 3.53. The maximum absolute atomic E-state index is 12.3. The number of rotatable bonds is 4. The maximum Gasteiger partial charge on any atom is 0.335 e. The molecule has 0 amide bonds. The van der Waals surface area contributed by atoms with Gasteiger partial charge in [0.15, 0.2) is 0 Å². The number of hydrogen-bond donors (Lipinski definition) is 2. The first kappa shape index (κ1) is 17.9. The molecule has 0 aliphatic rings. The molecule has 22 heavy (non-hydrogen) atoms. The number of hydrogen-bond acceptors (Lipinski definition) is 4. The van der Waals surface area contributed by atoms with Crippen molar-refractivity contribution in [3.05, 3.63) is 59.7 Å². The van der Waals surface area contributed by atoms with Gasteiger partial charge in [0.25, 0.3) is 0 Å². The van der Waals surface area contributed by atoms with Crippen LogP contribution in [0.5, 0.6) is 0 Å². The zero-order valence-electron chi connectivity index (χ0n) is 10.9. The number of carbonyl (C=O) groups is 2. The Hall–Kier alpha value is -2.18. The summed E-state index contributed by atoms with van der Waals surface area (Å²) in [6.45, 7) is 0. The predicted molar refractivity (Wildman–Crippen MR) is 72.3 cm³/mol. The molecular weight excluding hydrogens is 355 g/mol. The van der Waals surface area contributed by atoms with Gasteiger partial charge in [-0.3, -0.25) is 0 Å². The normalized spacial score (nSPS) is 10.5. The number of sulfone groups is 1. The summed E-state index contributed by atoms with van der Waals surface area (Å²) in [4.78, 5) is 21.3. The first-order valence-corrected chi connectivity index (χ1v) is 7.22. The van der Waals surface area contributed by atoms with Gasteiger partial charge in [0.1, 0.15) is 0 Å². The summed E-state index contributed by atoms with van der Waals surface area (Å²) in [5.41, 5.74) is -0.0367. The molecule has 8 heteroatoms. The molecule has 2 N–H and O–H groups in total. The largest absolute Gasteiger partial charge is 0.478 e. The van der Waals surface area contributed by atoms with Gasteiger partial charge in [0.05, 0.1) is 20.9 Å². The van der Waals surface area contributed by atoms with Crippen molar-refractivity contribution in [1.82, 2.24) is 0 Å². The molecule has 0 aromatic heterocycles. The topological polar surface area (TPSA) is 109 Å². The summed E-state index contributed by atoms with van der Waals surface area (Å²) >= 11 is 0. The van der Waals surface area contributed by atoms with Crippen molar-refractivity contribution in [2.75, 3.05) is 0 Å². The van der Waals surface area contributed by atoms with Gasteiger partial charge in [-0.2, -0.15) is 0 Å². The Morgan fingerprint density at radius 1 is 0.682 bits per heavy atom. The third-order valence-electron chi connectivity index (χ3n) is 2.82. The van der Waals surface area contributed by atoms with Crippen LogP contribution in [-0.4, -0.2) is 30.6 Å². The Morgan fingerprint density at radius 3 is 1.18 bits per heavy atom. The molecule has 6 nitrogen and oxygen atoms in total. The van der Waals surface area contributed by atoms with Crippen molar-refractivity contribution < 1.29 is 44.7 Å². The molecule has 0 unspecified atom stereocenters. The van der Waals surface area contributed by atoms with Gasteiger partial charge >= 0.3 is 11.9 Å². The van der Waals surface area contributed by atoms with Crippen molar-refractivity contribution >= 4 is 21.8 Å².